The van der Waals surface area contributed by atoms with E-state index in [0.717, 1.165) is 27.9 Å². The highest BCUT2D eigenvalue weighted by Gasteiger charge is 2.12. The maximum absolute atomic E-state index is 12.7. The molecule has 4 aromatic rings. The minimum atomic E-state index is -0.184. The molecule has 2 heterocycles. The normalized spacial score (nSPS) is 11.1. The number of carbonyl (C=O) groups is 1. The Morgan fingerprint density at radius 3 is 2.86 bits per heavy atom. The number of hydrogen-bond donors (Lipinski definition) is 1. The fourth-order valence-electron chi connectivity index (χ4n) is 3.05. The Hall–Kier alpha value is -3.13. The summed E-state index contributed by atoms with van der Waals surface area (Å²) >= 11 is 1.50. The number of thiazole rings is 1. The second-order valence-corrected chi connectivity index (χ2v) is 7.67. The van der Waals surface area contributed by atoms with Crippen molar-refractivity contribution in [3.63, 3.8) is 0 Å². The summed E-state index contributed by atoms with van der Waals surface area (Å²) in [5, 5.41) is 14.7. The lowest BCUT2D eigenvalue weighted by Crippen LogP contribution is -2.12. The molecule has 2 aromatic carbocycles. The van der Waals surface area contributed by atoms with Crippen LogP contribution in [-0.4, -0.2) is 31.1 Å². The van der Waals surface area contributed by atoms with Gasteiger partial charge < -0.3 is 0 Å². The van der Waals surface area contributed by atoms with Crippen LogP contribution in [0.3, 0.4) is 0 Å². The molecule has 142 valence electrons. The Morgan fingerprint density at radius 1 is 1.21 bits per heavy atom. The van der Waals surface area contributed by atoms with Crippen molar-refractivity contribution in [3.8, 4) is 5.69 Å². The second kappa shape index (κ2) is 7.85. The first kappa shape index (κ1) is 18.2. The van der Waals surface area contributed by atoms with E-state index < -0.39 is 0 Å². The number of fused-ring (bicyclic) bond motifs is 1. The molecule has 4 rings (SSSR count). The molecule has 1 amide bonds. The quantitative estimate of drug-likeness (QED) is 0.532. The van der Waals surface area contributed by atoms with Crippen molar-refractivity contribution in [3.05, 3.63) is 59.4 Å². The lowest BCUT2D eigenvalue weighted by Gasteiger charge is -2.07. The highest BCUT2D eigenvalue weighted by atomic mass is 32.1. The summed E-state index contributed by atoms with van der Waals surface area (Å²) in [6.45, 7) is 4.11. The van der Waals surface area contributed by atoms with Crippen LogP contribution in [0, 0.1) is 6.92 Å². The minimum absolute atomic E-state index is 0.184. The van der Waals surface area contributed by atoms with Gasteiger partial charge in [-0.2, -0.15) is 0 Å². The van der Waals surface area contributed by atoms with E-state index in [9.17, 15) is 4.79 Å². The molecule has 0 aliphatic heterocycles. The van der Waals surface area contributed by atoms with E-state index in [1.807, 2.05) is 25.1 Å². The molecule has 0 aliphatic rings. The molecule has 0 bridgehead atoms. The van der Waals surface area contributed by atoms with Crippen molar-refractivity contribution in [1.29, 1.82) is 0 Å². The van der Waals surface area contributed by atoms with E-state index >= 15 is 0 Å². The zero-order valence-corrected chi connectivity index (χ0v) is 16.5. The molecule has 28 heavy (non-hydrogen) atoms. The second-order valence-electron chi connectivity index (χ2n) is 6.63. The lowest BCUT2D eigenvalue weighted by atomic mass is 10.1. The number of hydrogen-bond acceptors (Lipinski definition) is 6. The van der Waals surface area contributed by atoms with Crippen molar-refractivity contribution in [1.82, 2.24) is 25.2 Å². The van der Waals surface area contributed by atoms with Gasteiger partial charge in [-0.3, -0.25) is 10.1 Å². The Balaban J connectivity index is 1.52. The van der Waals surface area contributed by atoms with Gasteiger partial charge in [0.05, 0.1) is 15.9 Å². The van der Waals surface area contributed by atoms with Crippen LogP contribution in [0.15, 0.2) is 42.7 Å². The Kier molecular flexibility index (Phi) is 5.12. The largest absolute Gasteiger partial charge is 0.298 e. The molecule has 0 unspecified atom stereocenters. The Bertz CT molecular complexity index is 1120. The van der Waals surface area contributed by atoms with Crippen LogP contribution in [0.1, 0.15) is 41.3 Å². The monoisotopic (exact) mass is 392 g/mol. The number of aromatic nitrogens is 5. The van der Waals surface area contributed by atoms with Crippen molar-refractivity contribution < 1.29 is 4.79 Å². The van der Waals surface area contributed by atoms with E-state index in [4.69, 9.17) is 0 Å². The number of unbranched alkanes of at least 4 members (excludes halogenated alkanes) is 1. The van der Waals surface area contributed by atoms with Crippen molar-refractivity contribution >= 4 is 32.6 Å². The summed E-state index contributed by atoms with van der Waals surface area (Å²) in [6.07, 6.45) is 4.94. The summed E-state index contributed by atoms with van der Waals surface area (Å²) in [7, 11) is 0. The molecule has 0 radical (unpaired) electrons. The van der Waals surface area contributed by atoms with Gasteiger partial charge in [0.1, 0.15) is 6.33 Å². The molecule has 7 nitrogen and oxygen atoms in total. The van der Waals surface area contributed by atoms with E-state index in [-0.39, 0.29) is 5.91 Å². The van der Waals surface area contributed by atoms with Crippen molar-refractivity contribution in [2.24, 2.45) is 0 Å². The third kappa shape index (κ3) is 3.77. The van der Waals surface area contributed by atoms with Gasteiger partial charge in [0.2, 0.25) is 0 Å². The SMILES string of the molecule is CCCCc1ccc2nc(NC(=O)c3ccc(-n4cnnn4)c(C)c3)sc2c1. The first-order chi connectivity index (χ1) is 13.6. The van der Waals surface area contributed by atoms with Gasteiger partial charge in [-0.25, -0.2) is 9.67 Å². The fraction of sp³-hybridized carbons (Fsp3) is 0.250. The molecule has 2 aromatic heterocycles. The summed E-state index contributed by atoms with van der Waals surface area (Å²) in [5.41, 5.74) is 4.53. The molecular formula is C20H20N6OS. The highest BCUT2D eigenvalue weighted by molar-refractivity contribution is 7.22. The first-order valence-corrected chi connectivity index (χ1v) is 10.0. The maximum Gasteiger partial charge on any atom is 0.257 e. The van der Waals surface area contributed by atoms with Crippen LogP contribution >= 0.6 is 11.3 Å². The number of amides is 1. The van der Waals surface area contributed by atoms with Crippen molar-refractivity contribution in [2.45, 2.75) is 33.1 Å². The number of aryl methyl sites for hydroxylation is 2. The van der Waals surface area contributed by atoms with Crippen LogP contribution in [0.2, 0.25) is 0 Å². The first-order valence-electron chi connectivity index (χ1n) is 9.19. The fourth-order valence-corrected chi connectivity index (χ4v) is 3.98. The van der Waals surface area contributed by atoms with Gasteiger partial charge in [0.15, 0.2) is 5.13 Å². The molecule has 0 fully saturated rings. The predicted octanol–water partition coefficient (Wildman–Crippen LogP) is 4.18. The number of anilines is 1. The zero-order valence-electron chi connectivity index (χ0n) is 15.7. The molecular weight excluding hydrogens is 372 g/mol. The number of nitrogens with zero attached hydrogens (tertiary/aromatic N) is 5. The molecule has 0 atom stereocenters. The Morgan fingerprint density at radius 2 is 2.11 bits per heavy atom. The highest BCUT2D eigenvalue weighted by Crippen LogP contribution is 2.28. The van der Waals surface area contributed by atoms with Crippen LogP contribution in [0.5, 0.6) is 0 Å². The minimum Gasteiger partial charge on any atom is -0.298 e. The lowest BCUT2D eigenvalue weighted by molar-refractivity contribution is 0.102. The number of rotatable bonds is 6. The van der Waals surface area contributed by atoms with Crippen LogP contribution in [-0.2, 0) is 6.42 Å². The zero-order chi connectivity index (χ0) is 19.5. The Labute approximate surface area is 166 Å². The third-order valence-corrected chi connectivity index (χ3v) is 5.48. The van der Waals surface area contributed by atoms with Crippen LogP contribution in [0.25, 0.3) is 15.9 Å². The van der Waals surface area contributed by atoms with Gasteiger partial charge in [0.25, 0.3) is 5.91 Å². The van der Waals surface area contributed by atoms with Crippen LogP contribution < -0.4 is 5.32 Å². The summed E-state index contributed by atoms with van der Waals surface area (Å²) < 4.78 is 2.66. The van der Waals surface area contributed by atoms with E-state index in [2.05, 4.69) is 44.9 Å². The molecule has 1 N–H and O–H groups in total. The van der Waals surface area contributed by atoms with Gasteiger partial charge in [-0.05, 0) is 71.7 Å². The van der Waals surface area contributed by atoms with Gasteiger partial charge in [0, 0.05) is 5.56 Å². The molecule has 0 saturated heterocycles. The smallest absolute Gasteiger partial charge is 0.257 e. The summed E-state index contributed by atoms with van der Waals surface area (Å²) in [4.78, 5) is 17.2. The average molecular weight is 392 g/mol. The number of tetrazole rings is 1. The third-order valence-electron chi connectivity index (χ3n) is 4.55. The van der Waals surface area contributed by atoms with Gasteiger partial charge >= 0.3 is 0 Å². The standard InChI is InChI=1S/C20H20N6OS/c1-3-4-5-14-6-8-16-18(11-14)28-20(22-16)23-19(27)15-7-9-17(13(2)10-15)26-12-21-24-25-26/h6-12H,3-5H2,1-2H3,(H,22,23,27). The van der Waals surface area contributed by atoms with Crippen molar-refractivity contribution in [2.75, 3.05) is 5.32 Å². The van der Waals surface area contributed by atoms with Gasteiger partial charge in [-0.1, -0.05) is 30.7 Å². The number of carbonyl (C=O) groups excluding carboxylic acids is 1. The van der Waals surface area contributed by atoms with Crippen LogP contribution in [0.4, 0.5) is 5.13 Å². The summed E-state index contributed by atoms with van der Waals surface area (Å²) in [5.74, 6) is -0.184. The average Bonchev–Trinajstić information content (AvgIpc) is 3.35. The molecule has 0 saturated carbocycles. The van der Waals surface area contributed by atoms with Gasteiger partial charge in [-0.15, -0.1) is 5.10 Å². The maximum atomic E-state index is 12.7. The van der Waals surface area contributed by atoms with E-state index in [1.54, 1.807) is 10.7 Å². The molecule has 8 heteroatoms. The number of benzene rings is 2. The van der Waals surface area contributed by atoms with E-state index in [0.29, 0.717) is 10.7 Å². The van der Waals surface area contributed by atoms with E-state index in [1.165, 1.54) is 36.1 Å². The molecule has 0 aliphatic carbocycles. The predicted molar refractivity (Wildman–Crippen MR) is 110 cm³/mol. The summed E-state index contributed by atoms with van der Waals surface area (Å²) in [6, 6.07) is 11.7. The number of nitrogens with one attached hydrogen (secondary N) is 1. The topological polar surface area (TPSA) is 85.6 Å². The molecule has 0 spiro atoms.